The summed E-state index contributed by atoms with van der Waals surface area (Å²) >= 11 is 10.5. The summed E-state index contributed by atoms with van der Waals surface area (Å²) in [5.74, 6) is 2.20. The second kappa shape index (κ2) is 9.16. The standard InChI is InChI=1S/C17H21NOS4/c1-4-18(5-2)17(20)23-15(16-21-10-11-22-16)14(19)13-8-6-12(3)7-9-13/h6-9H,4-5,10-11H2,1-3H3. The van der Waals surface area contributed by atoms with Crippen molar-refractivity contribution in [2.45, 2.75) is 20.8 Å². The molecule has 0 radical (unpaired) electrons. The van der Waals surface area contributed by atoms with Gasteiger partial charge in [0.2, 0.25) is 5.78 Å². The maximum absolute atomic E-state index is 13.0. The van der Waals surface area contributed by atoms with E-state index in [0.717, 1.165) is 49.2 Å². The maximum atomic E-state index is 13.0. The Morgan fingerprint density at radius 1 is 1.17 bits per heavy atom. The van der Waals surface area contributed by atoms with E-state index in [1.54, 1.807) is 23.5 Å². The lowest BCUT2D eigenvalue weighted by atomic mass is 10.1. The van der Waals surface area contributed by atoms with Gasteiger partial charge in [0, 0.05) is 30.2 Å². The number of thioether (sulfide) groups is 3. The van der Waals surface area contributed by atoms with Gasteiger partial charge in [0.1, 0.15) is 4.32 Å². The predicted molar refractivity (Wildman–Crippen MR) is 111 cm³/mol. The number of benzene rings is 1. The number of carbonyl (C=O) groups excluding carboxylic acids is 1. The molecule has 1 aromatic carbocycles. The highest BCUT2D eigenvalue weighted by Gasteiger charge is 2.24. The van der Waals surface area contributed by atoms with Gasteiger partial charge in [0.25, 0.3) is 0 Å². The van der Waals surface area contributed by atoms with Crippen LogP contribution in [-0.4, -0.2) is 39.6 Å². The molecule has 0 N–H and O–H groups in total. The second-order valence-corrected chi connectivity index (χ2v) is 9.16. The molecule has 1 heterocycles. The molecule has 6 heteroatoms. The van der Waals surface area contributed by atoms with Crippen LogP contribution in [0.25, 0.3) is 0 Å². The normalized spacial score (nSPS) is 14.0. The number of allylic oxidation sites excluding steroid dienone is 1. The van der Waals surface area contributed by atoms with Gasteiger partial charge in [-0.05, 0) is 20.8 Å². The van der Waals surface area contributed by atoms with Gasteiger partial charge in [-0.2, -0.15) is 0 Å². The SMILES string of the molecule is CCN(CC)C(=S)SC(C(=O)c1ccc(C)cc1)=C1SCCS1. The molecule has 23 heavy (non-hydrogen) atoms. The predicted octanol–water partition coefficient (Wildman–Crippen LogP) is 5.19. The lowest BCUT2D eigenvalue weighted by Gasteiger charge is -2.22. The molecule has 1 aromatic rings. The molecule has 1 fully saturated rings. The molecule has 0 spiro atoms. The quantitative estimate of drug-likeness (QED) is 0.393. The number of carbonyl (C=O) groups is 1. The summed E-state index contributed by atoms with van der Waals surface area (Å²) in [6.07, 6.45) is 0. The number of hydrogen-bond donors (Lipinski definition) is 0. The van der Waals surface area contributed by atoms with E-state index in [-0.39, 0.29) is 5.78 Å². The largest absolute Gasteiger partial charge is 0.358 e. The molecule has 0 saturated carbocycles. The van der Waals surface area contributed by atoms with Gasteiger partial charge in [0.15, 0.2) is 0 Å². The third-order valence-corrected chi connectivity index (χ3v) is 7.97. The molecule has 1 aliphatic heterocycles. The van der Waals surface area contributed by atoms with Gasteiger partial charge in [-0.1, -0.05) is 53.8 Å². The average Bonchev–Trinajstić information content (AvgIpc) is 3.08. The van der Waals surface area contributed by atoms with E-state index in [1.165, 1.54) is 11.8 Å². The van der Waals surface area contributed by atoms with Crippen molar-refractivity contribution in [3.63, 3.8) is 0 Å². The first-order valence-electron chi connectivity index (χ1n) is 7.64. The number of Topliss-reactive ketones (excluding diaryl/α,β-unsaturated/α-hetero) is 1. The van der Waals surface area contributed by atoms with Crippen LogP contribution in [0.4, 0.5) is 0 Å². The number of nitrogens with zero attached hydrogens (tertiary/aromatic N) is 1. The minimum atomic E-state index is 0.0846. The van der Waals surface area contributed by atoms with Crippen molar-refractivity contribution in [2.75, 3.05) is 24.6 Å². The summed E-state index contributed by atoms with van der Waals surface area (Å²) in [5.41, 5.74) is 1.90. The molecule has 2 nitrogen and oxygen atoms in total. The summed E-state index contributed by atoms with van der Waals surface area (Å²) in [7, 11) is 0. The van der Waals surface area contributed by atoms with Gasteiger partial charge in [0.05, 0.1) is 9.14 Å². The zero-order chi connectivity index (χ0) is 16.8. The fraction of sp³-hybridized carbons (Fsp3) is 0.412. The minimum absolute atomic E-state index is 0.0846. The van der Waals surface area contributed by atoms with Crippen molar-refractivity contribution in [2.24, 2.45) is 0 Å². The Bertz CT molecular complexity index is 598. The van der Waals surface area contributed by atoms with E-state index in [0.29, 0.717) is 0 Å². The molecular formula is C17H21NOS4. The number of rotatable bonds is 5. The Morgan fingerprint density at radius 3 is 2.26 bits per heavy atom. The van der Waals surface area contributed by atoms with Crippen molar-refractivity contribution in [1.29, 1.82) is 0 Å². The van der Waals surface area contributed by atoms with Crippen molar-refractivity contribution in [3.8, 4) is 0 Å². The van der Waals surface area contributed by atoms with E-state index in [1.807, 2.05) is 31.2 Å². The Labute approximate surface area is 156 Å². The van der Waals surface area contributed by atoms with Gasteiger partial charge in [-0.25, -0.2) is 0 Å². The van der Waals surface area contributed by atoms with E-state index >= 15 is 0 Å². The van der Waals surface area contributed by atoms with Crippen molar-refractivity contribution in [1.82, 2.24) is 4.90 Å². The Hall–Kier alpha value is -0.430. The van der Waals surface area contributed by atoms with Crippen LogP contribution in [0.15, 0.2) is 33.4 Å². The van der Waals surface area contributed by atoms with Crippen LogP contribution in [-0.2, 0) is 0 Å². The number of thiocarbonyl (C=S) groups is 1. The summed E-state index contributed by atoms with van der Waals surface area (Å²) < 4.78 is 1.90. The monoisotopic (exact) mass is 383 g/mol. The lowest BCUT2D eigenvalue weighted by molar-refractivity contribution is 0.104. The highest BCUT2D eigenvalue weighted by atomic mass is 32.2. The fourth-order valence-corrected chi connectivity index (χ4v) is 6.38. The summed E-state index contributed by atoms with van der Waals surface area (Å²) in [5, 5.41) is 0. The fourth-order valence-electron chi connectivity index (χ4n) is 2.09. The highest BCUT2D eigenvalue weighted by molar-refractivity contribution is 8.29. The van der Waals surface area contributed by atoms with Gasteiger partial charge >= 0.3 is 0 Å². The maximum Gasteiger partial charge on any atom is 0.201 e. The zero-order valence-electron chi connectivity index (χ0n) is 13.6. The van der Waals surface area contributed by atoms with Crippen molar-refractivity contribution < 1.29 is 4.79 Å². The Morgan fingerprint density at radius 2 is 1.74 bits per heavy atom. The van der Waals surface area contributed by atoms with Gasteiger partial charge in [-0.3, -0.25) is 4.79 Å². The molecule has 0 aromatic heterocycles. The van der Waals surface area contributed by atoms with E-state index in [2.05, 4.69) is 18.7 Å². The van der Waals surface area contributed by atoms with E-state index in [4.69, 9.17) is 12.2 Å². The minimum Gasteiger partial charge on any atom is -0.358 e. The van der Waals surface area contributed by atoms with Crippen LogP contribution in [0, 0.1) is 6.92 Å². The molecule has 0 amide bonds. The van der Waals surface area contributed by atoms with Crippen LogP contribution in [0.1, 0.15) is 29.8 Å². The van der Waals surface area contributed by atoms with E-state index < -0.39 is 0 Å². The molecular weight excluding hydrogens is 362 g/mol. The first-order valence-corrected chi connectivity index (χ1v) is 10.8. The highest BCUT2D eigenvalue weighted by Crippen LogP contribution is 2.43. The third-order valence-electron chi connectivity index (χ3n) is 3.47. The molecule has 124 valence electrons. The van der Waals surface area contributed by atoms with Crippen LogP contribution in [0.2, 0.25) is 0 Å². The average molecular weight is 384 g/mol. The summed E-state index contributed by atoms with van der Waals surface area (Å²) in [6.45, 7) is 7.93. The van der Waals surface area contributed by atoms with Crippen molar-refractivity contribution >= 4 is 57.6 Å². The Kier molecular flexibility index (Phi) is 7.53. The molecule has 0 aliphatic carbocycles. The van der Waals surface area contributed by atoms with Crippen LogP contribution in [0.3, 0.4) is 0 Å². The second-order valence-electron chi connectivity index (χ2n) is 5.05. The smallest absolute Gasteiger partial charge is 0.201 e. The first kappa shape index (κ1) is 18.9. The zero-order valence-corrected chi connectivity index (χ0v) is 16.9. The van der Waals surface area contributed by atoms with Crippen LogP contribution < -0.4 is 0 Å². The summed E-state index contributed by atoms with van der Waals surface area (Å²) in [6, 6.07) is 7.78. The van der Waals surface area contributed by atoms with Gasteiger partial charge < -0.3 is 4.90 Å². The van der Waals surface area contributed by atoms with Gasteiger partial charge in [-0.15, -0.1) is 23.5 Å². The Balaban J connectivity index is 2.28. The first-order chi connectivity index (χ1) is 11.1. The topological polar surface area (TPSA) is 20.3 Å². The molecule has 0 atom stereocenters. The molecule has 0 unspecified atom stereocenters. The van der Waals surface area contributed by atoms with Crippen LogP contribution in [0.5, 0.6) is 0 Å². The molecule has 0 bridgehead atoms. The third kappa shape index (κ3) is 5.02. The van der Waals surface area contributed by atoms with Crippen LogP contribution >= 0.6 is 47.5 Å². The van der Waals surface area contributed by atoms with Crippen molar-refractivity contribution in [3.05, 3.63) is 44.5 Å². The number of aryl methyl sites for hydroxylation is 1. The number of ketones is 1. The number of hydrogen-bond acceptors (Lipinski definition) is 5. The van der Waals surface area contributed by atoms with E-state index in [9.17, 15) is 4.79 Å². The molecule has 2 rings (SSSR count). The lowest BCUT2D eigenvalue weighted by Crippen LogP contribution is -2.27. The summed E-state index contributed by atoms with van der Waals surface area (Å²) in [4.78, 5) is 15.9. The molecule has 1 aliphatic rings. The molecule has 1 saturated heterocycles.